The Labute approximate surface area is 414 Å². The second kappa shape index (κ2) is 23.4. The van der Waals surface area contributed by atoms with Crippen LogP contribution in [0.4, 0.5) is 16.2 Å². The van der Waals surface area contributed by atoms with E-state index in [1.165, 1.54) is 55.5 Å². The van der Waals surface area contributed by atoms with Gasteiger partial charge in [-0.05, 0) is 97.8 Å². The number of carbonyl (C=O) groups excluding carboxylic acids is 3. The highest BCUT2D eigenvalue weighted by Gasteiger charge is 2.45. The molecule has 4 amide bonds. The number of likely N-dealkylation sites (N-methyl/N-ethyl adjacent to an activating group) is 1. The molecular formula is C55H72ClN7O4S. The smallest absolute Gasteiger partial charge is 0.315 e. The summed E-state index contributed by atoms with van der Waals surface area (Å²) in [6.07, 6.45) is 17.7. The van der Waals surface area contributed by atoms with Crippen LogP contribution in [-0.4, -0.2) is 90.6 Å². The van der Waals surface area contributed by atoms with E-state index in [1.807, 2.05) is 11.8 Å². The van der Waals surface area contributed by atoms with E-state index >= 15 is 0 Å². The van der Waals surface area contributed by atoms with Gasteiger partial charge in [0.2, 0.25) is 17.5 Å². The van der Waals surface area contributed by atoms with Crippen LogP contribution in [0.5, 0.6) is 0 Å². The maximum absolute atomic E-state index is 12.7. The highest BCUT2D eigenvalue weighted by molar-refractivity contribution is 8.00. The Morgan fingerprint density at radius 3 is 2.07 bits per heavy atom. The molecule has 68 heavy (non-hydrogen) atoms. The molecule has 0 aromatic heterocycles. The summed E-state index contributed by atoms with van der Waals surface area (Å²) in [6.45, 7) is 15.1. The maximum atomic E-state index is 12.7. The van der Waals surface area contributed by atoms with Crippen molar-refractivity contribution in [3.05, 3.63) is 120 Å². The van der Waals surface area contributed by atoms with Gasteiger partial charge in [-0.25, -0.2) is 4.79 Å². The van der Waals surface area contributed by atoms with Gasteiger partial charge in [0.15, 0.2) is 5.71 Å². The lowest BCUT2D eigenvalue weighted by Gasteiger charge is -2.25. The Morgan fingerprint density at radius 2 is 1.41 bits per heavy atom. The largest absolute Gasteiger partial charge is 1.00 e. The minimum Gasteiger partial charge on any atom is -1.00 e. The average Bonchev–Trinajstić information content (AvgIpc) is 3.98. The molecule has 4 aromatic carbocycles. The Hall–Kier alpha value is -5.14. The average molecular weight is 963 g/mol. The molecule has 4 aliphatic heterocycles. The number of hydrogen-bond donors (Lipinski definition) is 5. The number of ether oxygens (including phenoxy) is 1. The molecule has 13 heteroatoms. The molecule has 364 valence electrons. The van der Waals surface area contributed by atoms with Crippen molar-refractivity contribution in [1.29, 1.82) is 0 Å². The van der Waals surface area contributed by atoms with Crippen molar-refractivity contribution < 1.29 is 36.1 Å². The molecule has 0 aliphatic carbocycles. The quantitative estimate of drug-likeness (QED) is 0.0265. The molecule has 2 fully saturated rings. The van der Waals surface area contributed by atoms with E-state index in [2.05, 4.69) is 169 Å². The Morgan fingerprint density at radius 1 is 0.794 bits per heavy atom. The number of nitrogens with one attached hydrogen (secondary N) is 4. The number of thioether (sulfide) groups is 1. The van der Waals surface area contributed by atoms with E-state index in [9.17, 15) is 14.4 Å². The number of unbranched alkanes of at least 4 members (excludes halogenated alkanes) is 3. The number of benzene rings is 4. The maximum Gasteiger partial charge on any atom is 0.315 e. The van der Waals surface area contributed by atoms with Crippen LogP contribution in [0.25, 0.3) is 21.5 Å². The number of anilines is 1. The van der Waals surface area contributed by atoms with E-state index in [4.69, 9.17) is 4.74 Å². The number of carbonyl (C=O) groups is 3. The molecule has 3 atom stereocenters. The van der Waals surface area contributed by atoms with Crippen LogP contribution in [0.15, 0.2) is 109 Å². The van der Waals surface area contributed by atoms with Crippen molar-refractivity contribution in [3.63, 3.8) is 0 Å². The molecule has 0 spiro atoms. The zero-order chi connectivity index (χ0) is 46.3. The molecule has 0 radical (unpaired) electrons. The van der Waals surface area contributed by atoms with Gasteiger partial charge in [-0.2, -0.15) is 16.3 Å². The zero-order valence-corrected chi connectivity index (χ0v) is 42.2. The van der Waals surface area contributed by atoms with Gasteiger partial charge in [0.25, 0.3) is 0 Å². The van der Waals surface area contributed by atoms with Gasteiger partial charge in [0.1, 0.15) is 6.54 Å². The lowest BCUT2D eigenvalue weighted by molar-refractivity contribution is -0.438. The van der Waals surface area contributed by atoms with Crippen LogP contribution in [0.3, 0.4) is 0 Å². The number of nitrogens with zero attached hydrogens (tertiary/aromatic N) is 2. The van der Waals surface area contributed by atoms with Crippen molar-refractivity contribution in [1.82, 2.24) is 27.4 Å². The number of rotatable bonds is 21. The Bertz CT molecular complexity index is 2570. The minimum atomic E-state index is -0.180. The first kappa shape index (κ1) is 52.2. The predicted octanol–water partition coefficient (Wildman–Crippen LogP) is 6.88. The van der Waals surface area contributed by atoms with Crippen LogP contribution in [-0.2, 0) is 25.2 Å². The second-order valence-corrected chi connectivity index (χ2v) is 20.5. The van der Waals surface area contributed by atoms with Crippen molar-refractivity contribution in [2.75, 3.05) is 50.0 Å². The van der Waals surface area contributed by atoms with Crippen LogP contribution in [0.2, 0.25) is 0 Å². The van der Waals surface area contributed by atoms with E-state index in [1.54, 1.807) is 0 Å². The molecule has 11 nitrogen and oxygen atoms in total. The number of halogens is 1. The number of urea groups is 1. The molecule has 4 heterocycles. The molecule has 8 rings (SSSR count). The summed E-state index contributed by atoms with van der Waals surface area (Å²) in [4.78, 5) is 39.0. The number of fused-ring (bicyclic) bond motifs is 5. The first-order valence-corrected chi connectivity index (χ1v) is 25.3. The van der Waals surface area contributed by atoms with Crippen LogP contribution in [0, 0.1) is 0 Å². The fourth-order valence-electron chi connectivity index (χ4n) is 10.5. The van der Waals surface area contributed by atoms with E-state index in [-0.39, 0.29) is 59.3 Å². The van der Waals surface area contributed by atoms with Crippen LogP contribution < -0.4 is 44.7 Å². The molecule has 2 saturated heterocycles. The topological polar surface area (TPSA) is 150 Å². The lowest BCUT2D eigenvalue weighted by Crippen LogP contribution is -3.00. The zero-order valence-electron chi connectivity index (χ0n) is 40.7. The molecular weight excluding hydrogens is 890 g/mol. The van der Waals surface area contributed by atoms with E-state index in [0.29, 0.717) is 44.4 Å². The predicted molar refractivity (Wildman–Crippen MR) is 277 cm³/mol. The molecule has 7 N–H and O–H groups in total. The van der Waals surface area contributed by atoms with Gasteiger partial charge in [-0.3, -0.25) is 9.59 Å². The number of amides is 4. The molecule has 4 aromatic rings. The summed E-state index contributed by atoms with van der Waals surface area (Å²) in [7, 11) is 0. The fraction of sp³-hybridized carbons (Fsp3) is 0.455. The van der Waals surface area contributed by atoms with Gasteiger partial charge >= 0.3 is 6.03 Å². The van der Waals surface area contributed by atoms with Gasteiger partial charge in [0.05, 0.1) is 30.7 Å². The lowest BCUT2D eigenvalue weighted by atomic mass is 9.80. The molecule has 4 aliphatic rings. The third-order valence-electron chi connectivity index (χ3n) is 14.1. The monoisotopic (exact) mass is 962 g/mol. The van der Waals surface area contributed by atoms with Gasteiger partial charge in [-0.1, -0.05) is 87.0 Å². The van der Waals surface area contributed by atoms with Crippen molar-refractivity contribution in [2.24, 2.45) is 0 Å². The third-order valence-corrected chi connectivity index (χ3v) is 15.6. The van der Waals surface area contributed by atoms with E-state index in [0.717, 1.165) is 57.4 Å². The summed E-state index contributed by atoms with van der Waals surface area (Å²) in [5.74, 6) is 1.03. The molecule has 0 bridgehead atoms. The second-order valence-electron chi connectivity index (χ2n) is 19.3. The SMILES string of the molecule is CCN1\C(=C/C=C/C=C/C2=[N+](CCCCCC(=O)NCCOCCNC(=O)CCCC[C@@H]3SC[C@@H]4NC(=O)N[C@@H]43)c3cc4ccccc4cc3C2(C)C)C(C)(C)c2cc3ccccc3cc21.N.[Cl-]. The highest BCUT2D eigenvalue weighted by Crippen LogP contribution is 2.49. The number of hydrogen-bond acceptors (Lipinski definition) is 7. The first-order valence-electron chi connectivity index (χ1n) is 24.3. The van der Waals surface area contributed by atoms with Crippen LogP contribution in [0.1, 0.15) is 97.1 Å². The van der Waals surface area contributed by atoms with Crippen molar-refractivity contribution >= 4 is 68.2 Å². The Balaban J connectivity index is 0.00000381. The van der Waals surface area contributed by atoms with Gasteiger partial charge in [0, 0.05) is 84.4 Å². The third kappa shape index (κ3) is 11.6. The van der Waals surface area contributed by atoms with Crippen molar-refractivity contribution in [2.45, 2.75) is 114 Å². The van der Waals surface area contributed by atoms with Gasteiger partial charge in [-0.15, -0.1) is 0 Å². The summed E-state index contributed by atoms with van der Waals surface area (Å²) in [6, 6.07) is 27.1. The van der Waals surface area contributed by atoms with E-state index < -0.39 is 0 Å². The normalized spacial score (nSPS) is 20.4. The summed E-state index contributed by atoms with van der Waals surface area (Å²) >= 11 is 1.90. The minimum absolute atomic E-state index is 0. The Kier molecular flexibility index (Phi) is 18.0. The van der Waals surface area contributed by atoms with Crippen molar-refractivity contribution in [3.8, 4) is 0 Å². The number of allylic oxidation sites excluding steroid dienone is 6. The highest BCUT2D eigenvalue weighted by atomic mass is 35.5. The molecule has 0 unspecified atom stereocenters. The fourth-order valence-corrected chi connectivity index (χ4v) is 12.0. The summed E-state index contributed by atoms with van der Waals surface area (Å²) in [5.41, 5.74) is 7.59. The molecule has 0 saturated carbocycles. The summed E-state index contributed by atoms with van der Waals surface area (Å²) in [5, 5.41) is 17.4. The van der Waals surface area contributed by atoms with Gasteiger partial charge < -0.3 is 49.5 Å². The summed E-state index contributed by atoms with van der Waals surface area (Å²) < 4.78 is 8.18. The first-order chi connectivity index (χ1) is 31.9. The standard InChI is InChI=1S/C55H68N6O4S.ClH.H3N/c1-6-60-45-35-40-21-14-12-19-38(40)33-42(45)54(2,3)48(60)24-9-7-10-25-49-55(4,5)43-34-39-20-13-15-22-41(39)36-46(43)61(49)30-18-8-11-26-50(62)56-28-31-65-32-29-57-51(63)27-17-16-23-47-52-44(37-66-47)58-53(64)59-52;;/h7,9-10,12-15,19-22,24-25,33-36,44,47,52H,6,8,11,16-18,23,26-32,37H2,1-5H3,(H3-,56,57,58,59,62,63,64);1H;1H3/t44-,47-,52-;;/m0../s1. The van der Waals surface area contributed by atoms with Crippen LogP contribution >= 0.6 is 11.8 Å².